The number of allylic oxidation sites excluding steroid dienone is 2. The average molecular weight is 220 g/mol. The normalized spacial score (nSPS) is 15.8. The van der Waals surface area contributed by atoms with Gasteiger partial charge in [0, 0.05) is 11.1 Å². The van der Waals surface area contributed by atoms with Crippen LogP contribution in [0.2, 0.25) is 0 Å². The molecule has 1 unspecified atom stereocenters. The third-order valence-corrected chi connectivity index (χ3v) is 2.25. The molecule has 1 aromatic carbocycles. The van der Waals surface area contributed by atoms with Crippen molar-refractivity contribution < 1.29 is 4.74 Å². The topological polar surface area (TPSA) is 9.23 Å². The van der Waals surface area contributed by atoms with Gasteiger partial charge in [-0.15, -0.1) is 9.24 Å². The van der Waals surface area contributed by atoms with Crippen LogP contribution in [0.1, 0.15) is 19.4 Å². The first-order valence-corrected chi connectivity index (χ1v) is 5.88. The van der Waals surface area contributed by atoms with Crippen molar-refractivity contribution in [3.8, 4) is 5.75 Å². The number of ether oxygens (including phenoxy) is 1. The minimum absolute atomic E-state index is 0.689. The maximum atomic E-state index is 5.50. The van der Waals surface area contributed by atoms with Gasteiger partial charge in [0.05, 0.1) is 0 Å². The van der Waals surface area contributed by atoms with Gasteiger partial charge in [-0.25, -0.2) is 0 Å². The summed E-state index contributed by atoms with van der Waals surface area (Å²) in [4.78, 5) is 0. The monoisotopic (exact) mass is 220 g/mol. The summed E-state index contributed by atoms with van der Waals surface area (Å²) in [6.45, 7) is 4.69. The van der Waals surface area contributed by atoms with E-state index in [0.717, 1.165) is 5.75 Å². The molecule has 1 aliphatic rings. The molecule has 0 N–H and O–H groups in total. The summed E-state index contributed by atoms with van der Waals surface area (Å²) < 4.78 is 5.50. The number of hydrogen-bond acceptors (Lipinski definition) is 1. The van der Waals surface area contributed by atoms with Crippen molar-refractivity contribution in [1.82, 2.24) is 0 Å². The van der Waals surface area contributed by atoms with Gasteiger partial charge in [0.25, 0.3) is 0 Å². The lowest BCUT2D eigenvalue weighted by Gasteiger charge is -1.94. The zero-order valence-corrected chi connectivity index (χ0v) is 10.4. The largest absolute Gasteiger partial charge is 0.488 e. The Morgan fingerprint density at radius 3 is 2.73 bits per heavy atom. The predicted octanol–water partition coefficient (Wildman–Crippen LogP) is 3.88. The molecular formula is C13H17OP. The maximum absolute atomic E-state index is 5.50. The van der Waals surface area contributed by atoms with Gasteiger partial charge in [0.1, 0.15) is 12.4 Å². The summed E-state index contributed by atoms with van der Waals surface area (Å²) in [7, 11) is 2.55. The Kier molecular flexibility index (Phi) is 5.14. The third kappa shape index (κ3) is 2.94. The van der Waals surface area contributed by atoms with E-state index in [1.807, 2.05) is 43.9 Å². The summed E-state index contributed by atoms with van der Waals surface area (Å²) in [6, 6.07) is 8.12. The molecule has 0 bridgehead atoms. The molecule has 80 valence electrons. The summed E-state index contributed by atoms with van der Waals surface area (Å²) in [6.07, 6.45) is 4.09. The molecule has 1 heterocycles. The summed E-state index contributed by atoms with van der Waals surface area (Å²) in [5.41, 5.74) is 2.46. The number of benzene rings is 1. The summed E-state index contributed by atoms with van der Waals surface area (Å²) >= 11 is 0. The highest BCUT2D eigenvalue weighted by Gasteiger charge is 2.15. The molecule has 0 fully saturated rings. The van der Waals surface area contributed by atoms with E-state index in [0.29, 0.717) is 6.61 Å². The van der Waals surface area contributed by atoms with Gasteiger partial charge < -0.3 is 4.74 Å². The van der Waals surface area contributed by atoms with E-state index in [2.05, 4.69) is 21.4 Å². The number of rotatable bonds is 1. The van der Waals surface area contributed by atoms with Crippen molar-refractivity contribution in [2.45, 2.75) is 13.8 Å². The highest BCUT2D eigenvalue weighted by molar-refractivity contribution is 7.20. The molecular weight excluding hydrogens is 203 g/mol. The third-order valence-electron chi connectivity index (χ3n) is 2.02. The summed E-state index contributed by atoms with van der Waals surface area (Å²) in [5.74, 6) is 2.93. The smallest absolute Gasteiger partial charge is 0.127 e. The van der Waals surface area contributed by atoms with Crippen molar-refractivity contribution >= 4 is 14.8 Å². The number of para-hydroxylation sites is 1. The molecule has 0 saturated heterocycles. The van der Waals surface area contributed by atoms with Crippen LogP contribution in [0.3, 0.4) is 0 Å². The van der Waals surface area contributed by atoms with Crippen LogP contribution < -0.4 is 4.74 Å². The Balaban J connectivity index is 0.000000531. The first-order chi connectivity index (χ1) is 7.42. The molecule has 0 amide bonds. The van der Waals surface area contributed by atoms with Crippen LogP contribution in [0.4, 0.5) is 0 Å². The predicted molar refractivity (Wildman–Crippen MR) is 70.1 cm³/mol. The molecule has 0 radical (unpaired) electrons. The molecule has 0 saturated carbocycles. The molecule has 2 rings (SSSR count). The van der Waals surface area contributed by atoms with E-state index in [1.165, 1.54) is 11.1 Å². The minimum atomic E-state index is 0.689. The zero-order valence-electron chi connectivity index (χ0n) is 9.23. The highest BCUT2D eigenvalue weighted by atomic mass is 31.0. The molecule has 0 aromatic heterocycles. The van der Waals surface area contributed by atoms with Crippen LogP contribution in [0, 0.1) is 0 Å². The van der Waals surface area contributed by atoms with Crippen molar-refractivity contribution in [2.75, 3.05) is 6.61 Å². The van der Waals surface area contributed by atoms with Gasteiger partial charge in [-0.2, -0.15) is 0 Å². The van der Waals surface area contributed by atoms with Gasteiger partial charge in [0.15, 0.2) is 0 Å². The van der Waals surface area contributed by atoms with Gasteiger partial charge in [-0.05, 0) is 6.07 Å². The Labute approximate surface area is 94.1 Å². The number of fused-ring (bicyclic) bond motifs is 1. The van der Waals surface area contributed by atoms with E-state index in [4.69, 9.17) is 4.74 Å². The van der Waals surface area contributed by atoms with Crippen molar-refractivity contribution in [3.05, 3.63) is 47.8 Å². The molecule has 2 heteroatoms. The lowest BCUT2D eigenvalue weighted by molar-refractivity contribution is 0.388. The second-order valence-electron chi connectivity index (χ2n) is 2.86. The van der Waals surface area contributed by atoms with E-state index in [9.17, 15) is 0 Å². The molecule has 0 spiro atoms. The Bertz CT molecular complexity index is 367. The molecule has 1 atom stereocenters. The SMILES string of the molecule is CC.P/C=C\C=C1/COc2ccccc21. The molecule has 1 aliphatic heterocycles. The first-order valence-electron chi connectivity index (χ1n) is 5.21. The van der Waals surface area contributed by atoms with Gasteiger partial charge in [-0.3, -0.25) is 0 Å². The fourth-order valence-corrected chi connectivity index (χ4v) is 1.51. The van der Waals surface area contributed by atoms with Crippen molar-refractivity contribution in [3.63, 3.8) is 0 Å². The standard InChI is InChI=1S/C11H11OP.C2H6/c13-7-3-4-9-8-12-11-6-2-1-5-10(9)11;1-2/h1-7H,8,13H2;1-2H3/b7-3-,9-4+;. The second-order valence-corrected chi connectivity index (χ2v) is 3.25. The fourth-order valence-electron chi connectivity index (χ4n) is 1.40. The Morgan fingerprint density at radius 2 is 2.00 bits per heavy atom. The lowest BCUT2D eigenvalue weighted by atomic mass is 10.1. The van der Waals surface area contributed by atoms with E-state index >= 15 is 0 Å². The molecule has 1 aromatic rings. The van der Waals surface area contributed by atoms with Crippen LogP contribution in [-0.2, 0) is 0 Å². The van der Waals surface area contributed by atoms with Crippen LogP contribution in [-0.4, -0.2) is 6.61 Å². The first kappa shape index (κ1) is 12.0. The van der Waals surface area contributed by atoms with Crippen LogP contribution in [0.25, 0.3) is 5.57 Å². The van der Waals surface area contributed by atoms with Gasteiger partial charge >= 0.3 is 0 Å². The maximum Gasteiger partial charge on any atom is 0.127 e. The highest BCUT2D eigenvalue weighted by Crippen LogP contribution is 2.32. The van der Waals surface area contributed by atoms with Crippen LogP contribution >= 0.6 is 9.24 Å². The average Bonchev–Trinajstić information content (AvgIpc) is 2.72. The zero-order chi connectivity index (χ0) is 11.1. The summed E-state index contributed by atoms with van der Waals surface area (Å²) in [5, 5.41) is 0. The Morgan fingerprint density at radius 1 is 1.27 bits per heavy atom. The van der Waals surface area contributed by atoms with E-state index in [1.54, 1.807) is 0 Å². The fraction of sp³-hybridized carbons (Fsp3) is 0.231. The van der Waals surface area contributed by atoms with E-state index < -0.39 is 0 Å². The lowest BCUT2D eigenvalue weighted by Crippen LogP contribution is -1.86. The van der Waals surface area contributed by atoms with Crippen molar-refractivity contribution in [1.29, 1.82) is 0 Å². The molecule has 1 nitrogen and oxygen atoms in total. The minimum Gasteiger partial charge on any atom is -0.488 e. The molecule has 15 heavy (non-hydrogen) atoms. The number of hydrogen-bond donors (Lipinski definition) is 0. The van der Waals surface area contributed by atoms with Crippen molar-refractivity contribution in [2.24, 2.45) is 0 Å². The van der Waals surface area contributed by atoms with Gasteiger partial charge in [0.2, 0.25) is 0 Å². The van der Waals surface area contributed by atoms with Crippen LogP contribution in [0.5, 0.6) is 5.75 Å². The second kappa shape index (κ2) is 6.42. The Hall–Kier alpha value is -1.07. The van der Waals surface area contributed by atoms with Crippen LogP contribution in [0.15, 0.2) is 42.2 Å². The quantitative estimate of drug-likeness (QED) is 0.653. The van der Waals surface area contributed by atoms with Gasteiger partial charge in [-0.1, -0.05) is 50.0 Å². The van der Waals surface area contributed by atoms with E-state index in [-0.39, 0.29) is 0 Å². The molecule has 0 aliphatic carbocycles.